The van der Waals surface area contributed by atoms with Gasteiger partial charge in [0.25, 0.3) is 0 Å². The lowest BCUT2D eigenvalue weighted by Crippen LogP contribution is -2.20. The minimum atomic E-state index is -0.197. The summed E-state index contributed by atoms with van der Waals surface area (Å²) in [5, 5.41) is 3.44. The number of anilines is 1. The molecule has 0 saturated carbocycles. The standard InChI is InChI=1S/C18H23FN2/c1-3-11-20-13-15-7-4-5-8-16(15)14-21(2)18-10-6-9-17(19)12-18/h4-10,12,20H,3,11,13-14H2,1-2H3. The Morgan fingerprint density at radius 3 is 2.52 bits per heavy atom. The zero-order valence-corrected chi connectivity index (χ0v) is 12.8. The van der Waals surface area contributed by atoms with Gasteiger partial charge in [-0.1, -0.05) is 37.3 Å². The first-order chi connectivity index (χ1) is 10.2. The van der Waals surface area contributed by atoms with Crippen molar-refractivity contribution in [1.82, 2.24) is 5.32 Å². The van der Waals surface area contributed by atoms with Crippen LogP contribution in [0, 0.1) is 5.82 Å². The van der Waals surface area contributed by atoms with E-state index in [1.165, 1.54) is 17.2 Å². The molecule has 0 atom stereocenters. The van der Waals surface area contributed by atoms with E-state index in [0.717, 1.165) is 31.7 Å². The summed E-state index contributed by atoms with van der Waals surface area (Å²) in [4.78, 5) is 2.07. The minimum Gasteiger partial charge on any atom is -0.370 e. The normalized spacial score (nSPS) is 10.6. The molecule has 0 saturated heterocycles. The molecule has 2 nitrogen and oxygen atoms in total. The number of nitrogens with zero attached hydrogens (tertiary/aromatic N) is 1. The van der Waals surface area contributed by atoms with Gasteiger partial charge in [0.05, 0.1) is 0 Å². The van der Waals surface area contributed by atoms with Crippen molar-refractivity contribution < 1.29 is 4.39 Å². The van der Waals surface area contributed by atoms with Gasteiger partial charge in [-0.05, 0) is 42.3 Å². The Hall–Kier alpha value is -1.87. The number of hydrogen-bond acceptors (Lipinski definition) is 2. The molecule has 0 bridgehead atoms. The number of benzene rings is 2. The molecular weight excluding hydrogens is 263 g/mol. The molecule has 0 aliphatic carbocycles. The highest BCUT2D eigenvalue weighted by molar-refractivity contribution is 5.46. The molecule has 2 aromatic carbocycles. The minimum absolute atomic E-state index is 0.197. The average Bonchev–Trinajstić information content (AvgIpc) is 2.49. The molecule has 0 amide bonds. The van der Waals surface area contributed by atoms with E-state index in [4.69, 9.17) is 0 Å². The summed E-state index contributed by atoms with van der Waals surface area (Å²) < 4.78 is 13.3. The van der Waals surface area contributed by atoms with Crippen LogP contribution in [0.25, 0.3) is 0 Å². The van der Waals surface area contributed by atoms with Crippen molar-refractivity contribution in [2.45, 2.75) is 26.4 Å². The Morgan fingerprint density at radius 1 is 1.05 bits per heavy atom. The maximum Gasteiger partial charge on any atom is 0.125 e. The van der Waals surface area contributed by atoms with Crippen LogP contribution in [0.2, 0.25) is 0 Å². The summed E-state index contributed by atoms with van der Waals surface area (Å²) in [7, 11) is 1.99. The highest BCUT2D eigenvalue weighted by Crippen LogP contribution is 2.18. The van der Waals surface area contributed by atoms with Gasteiger partial charge in [0.2, 0.25) is 0 Å². The molecule has 0 aromatic heterocycles. The quantitative estimate of drug-likeness (QED) is 0.775. The van der Waals surface area contributed by atoms with E-state index >= 15 is 0 Å². The van der Waals surface area contributed by atoms with Crippen LogP contribution < -0.4 is 10.2 Å². The fourth-order valence-electron chi connectivity index (χ4n) is 2.34. The second kappa shape index (κ2) is 7.79. The summed E-state index contributed by atoms with van der Waals surface area (Å²) >= 11 is 0. The molecular formula is C18H23FN2. The summed E-state index contributed by atoms with van der Waals surface area (Å²) in [5.74, 6) is -0.197. The Labute approximate surface area is 126 Å². The topological polar surface area (TPSA) is 15.3 Å². The van der Waals surface area contributed by atoms with Gasteiger partial charge in [-0.3, -0.25) is 0 Å². The molecule has 112 valence electrons. The van der Waals surface area contributed by atoms with Gasteiger partial charge in [-0.15, -0.1) is 0 Å². The van der Waals surface area contributed by atoms with E-state index in [0.29, 0.717) is 0 Å². The van der Waals surface area contributed by atoms with Crippen molar-refractivity contribution in [1.29, 1.82) is 0 Å². The van der Waals surface area contributed by atoms with Crippen molar-refractivity contribution in [2.24, 2.45) is 0 Å². The molecule has 0 aliphatic heterocycles. The lowest BCUT2D eigenvalue weighted by atomic mass is 10.1. The molecule has 0 spiro atoms. The molecule has 1 N–H and O–H groups in total. The number of halogens is 1. The van der Waals surface area contributed by atoms with Crippen LogP contribution in [0.5, 0.6) is 0 Å². The first-order valence-corrected chi connectivity index (χ1v) is 7.45. The van der Waals surface area contributed by atoms with Crippen LogP contribution in [0.3, 0.4) is 0 Å². The van der Waals surface area contributed by atoms with E-state index in [9.17, 15) is 4.39 Å². The fourth-order valence-corrected chi connectivity index (χ4v) is 2.34. The van der Waals surface area contributed by atoms with Gasteiger partial charge in [0.15, 0.2) is 0 Å². The summed E-state index contributed by atoms with van der Waals surface area (Å²) in [6.45, 7) is 4.83. The molecule has 0 aliphatic rings. The average molecular weight is 286 g/mol. The third kappa shape index (κ3) is 4.57. The molecule has 0 unspecified atom stereocenters. The van der Waals surface area contributed by atoms with Crippen LogP contribution in [0.15, 0.2) is 48.5 Å². The van der Waals surface area contributed by atoms with Crippen LogP contribution in [-0.4, -0.2) is 13.6 Å². The maximum absolute atomic E-state index is 13.3. The Kier molecular flexibility index (Phi) is 5.76. The molecule has 0 fully saturated rings. The van der Waals surface area contributed by atoms with Gasteiger partial charge < -0.3 is 10.2 Å². The lowest BCUT2D eigenvalue weighted by Gasteiger charge is -2.21. The zero-order valence-electron chi connectivity index (χ0n) is 12.8. The molecule has 2 rings (SSSR count). The highest BCUT2D eigenvalue weighted by atomic mass is 19.1. The van der Waals surface area contributed by atoms with Crippen LogP contribution >= 0.6 is 0 Å². The van der Waals surface area contributed by atoms with Crippen molar-refractivity contribution in [3.63, 3.8) is 0 Å². The van der Waals surface area contributed by atoms with E-state index in [1.54, 1.807) is 12.1 Å². The van der Waals surface area contributed by atoms with E-state index in [-0.39, 0.29) is 5.82 Å². The first-order valence-electron chi connectivity index (χ1n) is 7.45. The SMILES string of the molecule is CCCNCc1ccccc1CN(C)c1cccc(F)c1. The lowest BCUT2D eigenvalue weighted by molar-refractivity contribution is 0.627. The van der Waals surface area contributed by atoms with Crippen molar-refractivity contribution >= 4 is 5.69 Å². The summed E-state index contributed by atoms with van der Waals surface area (Å²) in [5.41, 5.74) is 3.47. The summed E-state index contributed by atoms with van der Waals surface area (Å²) in [6, 6.07) is 15.1. The van der Waals surface area contributed by atoms with Gasteiger partial charge in [0.1, 0.15) is 5.82 Å². The van der Waals surface area contributed by atoms with Crippen LogP contribution in [-0.2, 0) is 13.1 Å². The summed E-state index contributed by atoms with van der Waals surface area (Å²) in [6.07, 6.45) is 1.13. The van der Waals surface area contributed by atoms with Crippen molar-refractivity contribution in [3.05, 3.63) is 65.5 Å². The Bertz CT molecular complexity index is 569. The number of hydrogen-bond donors (Lipinski definition) is 1. The van der Waals surface area contributed by atoms with Crippen molar-refractivity contribution in [3.8, 4) is 0 Å². The van der Waals surface area contributed by atoms with Gasteiger partial charge in [-0.2, -0.15) is 0 Å². The molecule has 0 radical (unpaired) electrons. The van der Waals surface area contributed by atoms with Gasteiger partial charge in [-0.25, -0.2) is 4.39 Å². The first kappa shape index (κ1) is 15.5. The smallest absolute Gasteiger partial charge is 0.125 e. The predicted octanol–water partition coefficient (Wildman–Crippen LogP) is 3.96. The maximum atomic E-state index is 13.3. The van der Waals surface area contributed by atoms with E-state index in [2.05, 4.69) is 41.4 Å². The largest absolute Gasteiger partial charge is 0.370 e. The third-order valence-corrected chi connectivity index (χ3v) is 3.52. The van der Waals surface area contributed by atoms with Crippen LogP contribution in [0.4, 0.5) is 10.1 Å². The monoisotopic (exact) mass is 286 g/mol. The molecule has 21 heavy (non-hydrogen) atoms. The molecule has 0 heterocycles. The predicted molar refractivity (Wildman–Crippen MR) is 86.9 cm³/mol. The van der Waals surface area contributed by atoms with Gasteiger partial charge in [0, 0.05) is 25.8 Å². The van der Waals surface area contributed by atoms with E-state index in [1.807, 2.05) is 13.1 Å². The van der Waals surface area contributed by atoms with Crippen LogP contribution in [0.1, 0.15) is 24.5 Å². The molecule has 3 heteroatoms. The second-order valence-electron chi connectivity index (χ2n) is 5.28. The number of rotatable bonds is 7. The second-order valence-corrected chi connectivity index (χ2v) is 5.28. The Balaban J connectivity index is 2.08. The highest BCUT2D eigenvalue weighted by Gasteiger charge is 2.06. The zero-order chi connectivity index (χ0) is 15.1. The van der Waals surface area contributed by atoms with Crippen molar-refractivity contribution in [2.75, 3.05) is 18.5 Å². The fraction of sp³-hybridized carbons (Fsp3) is 0.333. The Morgan fingerprint density at radius 2 is 1.81 bits per heavy atom. The number of nitrogens with one attached hydrogen (secondary N) is 1. The third-order valence-electron chi connectivity index (χ3n) is 3.52. The molecule has 2 aromatic rings. The van der Waals surface area contributed by atoms with E-state index < -0.39 is 0 Å². The van der Waals surface area contributed by atoms with Gasteiger partial charge >= 0.3 is 0 Å².